The van der Waals surface area contributed by atoms with Crippen LogP contribution in [0.1, 0.15) is 39.9 Å². The molecule has 1 aromatic rings. The molecule has 4 rings (SSSR count). The highest BCUT2D eigenvalue weighted by molar-refractivity contribution is 6.35. The Labute approximate surface area is 152 Å². The molecule has 1 fully saturated rings. The number of carbonyl (C=O) groups excluding carboxylic acids is 2. The van der Waals surface area contributed by atoms with Gasteiger partial charge in [0.05, 0.1) is 23.9 Å². The minimum atomic E-state index is -0.0260. The molecule has 1 aliphatic carbocycles. The molecular weight excluding hydrogens is 340 g/mol. The van der Waals surface area contributed by atoms with Crippen molar-refractivity contribution in [3.8, 4) is 0 Å². The van der Waals surface area contributed by atoms with E-state index < -0.39 is 0 Å². The molecule has 0 saturated carbocycles. The van der Waals surface area contributed by atoms with Crippen molar-refractivity contribution in [2.45, 2.75) is 32.6 Å². The minimum Gasteiger partial charge on any atom is -0.379 e. The Hall–Kier alpha value is -1.43. The molecule has 1 atom stereocenters. The van der Waals surface area contributed by atoms with Crippen molar-refractivity contribution in [1.82, 2.24) is 4.90 Å². The van der Waals surface area contributed by atoms with Gasteiger partial charge in [0.15, 0.2) is 5.78 Å². The second-order valence-corrected chi connectivity index (χ2v) is 7.59. The molecule has 0 radical (unpaired) electrons. The first-order chi connectivity index (χ1) is 12.1. The summed E-state index contributed by atoms with van der Waals surface area (Å²) in [5, 5.41) is 3.48. The summed E-state index contributed by atoms with van der Waals surface area (Å²) in [6, 6.07) is 0. The second-order valence-electron chi connectivity index (χ2n) is 7.21. The Balaban J connectivity index is 1.69. The molecule has 1 unspecified atom stereocenters. The Morgan fingerprint density at radius 1 is 1.16 bits per heavy atom. The molecule has 6 heteroatoms. The van der Waals surface area contributed by atoms with E-state index in [0.29, 0.717) is 23.6 Å². The Morgan fingerprint density at radius 2 is 1.92 bits per heavy atom. The molecule has 3 aliphatic rings. The standard InChI is InChI=1S/C19H23ClN2O3/c1-11-13-3-2-12(10-22-6-8-25-9-7-22)19(24)16(13)14-4-5-15(23)21-18(14)17(11)20/h12H,2-10H2,1H3,(H,21,23). The summed E-state index contributed by atoms with van der Waals surface area (Å²) in [4.78, 5) is 27.4. The number of morpholine rings is 1. The third-order valence-electron chi connectivity index (χ3n) is 5.72. The summed E-state index contributed by atoms with van der Waals surface area (Å²) in [6.45, 7) is 6.03. The smallest absolute Gasteiger partial charge is 0.224 e. The fourth-order valence-corrected chi connectivity index (χ4v) is 4.58. The van der Waals surface area contributed by atoms with Crippen LogP contribution in [-0.2, 0) is 22.4 Å². The molecule has 0 spiro atoms. The predicted molar refractivity (Wildman–Crippen MR) is 96.5 cm³/mol. The van der Waals surface area contributed by atoms with Crippen molar-refractivity contribution in [2.75, 3.05) is 38.2 Å². The second kappa shape index (κ2) is 6.71. The van der Waals surface area contributed by atoms with Crippen LogP contribution < -0.4 is 5.32 Å². The zero-order valence-electron chi connectivity index (χ0n) is 14.5. The number of Topliss-reactive ketones (excluding diaryl/α,β-unsaturated/α-hetero) is 1. The highest BCUT2D eigenvalue weighted by Gasteiger charge is 2.35. The van der Waals surface area contributed by atoms with Gasteiger partial charge in [-0.25, -0.2) is 0 Å². The maximum absolute atomic E-state index is 13.3. The van der Waals surface area contributed by atoms with E-state index in [1.165, 1.54) is 0 Å². The average Bonchev–Trinajstić information content (AvgIpc) is 2.62. The third-order valence-corrected chi connectivity index (χ3v) is 6.19. The molecule has 2 aliphatic heterocycles. The number of hydrogen-bond donors (Lipinski definition) is 1. The van der Waals surface area contributed by atoms with Gasteiger partial charge in [-0.1, -0.05) is 11.6 Å². The average molecular weight is 363 g/mol. The number of rotatable bonds is 2. The number of fused-ring (bicyclic) bond motifs is 3. The quantitative estimate of drug-likeness (QED) is 0.878. The van der Waals surface area contributed by atoms with E-state index in [-0.39, 0.29) is 17.6 Å². The molecule has 2 heterocycles. The van der Waals surface area contributed by atoms with Crippen LogP contribution in [0.3, 0.4) is 0 Å². The molecule has 0 aromatic heterocycles. The van der Waals surface area contributed by atoms with Crippen LogP contribution in [0.25, 0.3) is 0 Å². The topological polar surface area (TPSA) is 58.6 Å². The van der Waals surface area contributed by atoms with E-state index in [1.807, 2.05) is 6.92 Å². The van der Waals surface area contributed by atoms with E-state index in [1.54, 1.807) is 0 Å². The summed E-state index contributed by atoms with van der Waals surface area (Å²) in [6.07, 6.45) is 2.76. The van der Waals surface area contributed by atoms with Crippen LogP contribution in [0.4, 0.5) is 5.69 Å². The van der Waals surface area contributed by atoms with Gasteiger partial charge in [-0.3, -0.25) is 14.5 Å². The predicted octanol–water partition coefficient (Wildman–Crippen LogP) is 2.61. The van der Waals surface area contributed by atoms with Gasteiger partial charge < -0.3 is 10.1 Å². The van der Waals surface area contributed by atoms with Crippen molar-refractivity contribution < 1.29 is 14.3 Å². The van der Waals surface area contributed by atoms with Crippen LogP contribution in [0, 0.1) is 12.8 Å². The van der Waals surface area contributed by atoms with E-state index >= 15 is 0 Å². The van der Waals surface area contributed by atoms with Crippen LogP contribution >= 0.6 is 11.6 Å². The summed E-state index contributed by atoms with van der Waals surface area (Å²) in [5.41, 5.74) is 4.47. The van der Waals surface area contributed by atoms with Gasteiger partial charge in [-0.15, -0.1) is 0 Å². The molecule has 1 amide bonds. The Bertz CT molecular complexity index is 741. The number of halogens is 1. The molecular formula is C19H23ClN2O3. The van der Waals surface area contributed by atoms with Gasteiger partial charge in [0.25, 0.3) is 0 Å². The summed E-state index contributed by atoms with van der Waals surface area (Å²) in [7, 11) is 0. The number of carbonyl (C=O) groups is 2. The van der Waals surface area contributed by atoms with Gasteiger partial charge in [0.2, 0.25) is 5.91 Å². The summed E-state index contributed by atoms with van der Waals surface area (Å²) < 4.78 is 5.40. The van der Waals surface area contributed by atoms with Crippen LogP contribution in [-0.4, -0.2) is 49.4 Å². The number of amides is 1. The number of nitrogens with one attached hydrogen (secondary N) is 1. The SMILES string of the molecule is Cc1c(Cl)c2c(c3c1CCC(CN1CCOCC1)C3=O)CCC(=O)N2. The van der Waals surface area contributed by atoms with Crippen molar-refractivity contribution in [3.63, 3.8) is 0 Å². The first-order valence-electron chi connectivity index (χ1n) is 9.04. The number of ketones is 1. The minimum absolute atomic E-state index is 0.0212. The van der Waals surface area contributed by atoms with E-state index in [9.17, 15) is 9.59 Å². The zero-order chi connectivity index (χ0) is 17.6. The monoisotopic (exact) mass is 362 g/mol. The molecule has 134 valence electrons. The maximum Gasteiger partial charge on any atom is 0.224 e. The van der Waals surface area contributed by atoms with Crippen molar-refractivity contribution in [2.24, 2.45) is 5.92 Å². The molecule has 5 nitrogen and oxygen atoms in total. The third kappa shape index (κ3) is 2.98. The number of nitrogens with zero attached hydrogens (tertiary/aromatic N) is 1. The van der Waals surface area contributed by atoms with E-state index in [4.69, 9.17) is 16.3 Å². The van der Waals surface area contributed by atoms with Crippen LogP contribution in [0.2, 0.25) is 5.02 Å². The number of hydrogen-bond acceptors (Lipinski definition) is 4. The van der Waals surface area contributed by atoms with Crippen molar-refractivity contribution in [3.05, 3.63) is 27.3 Å². The molecule has 0 bridgehead atoms. The largest absolute Gasteiger partial charge is 0.379 e. The molecule has 1 aromatic carbocycles. The fourth-order valence-electron chi connectivity index (χ4n) is 4.30. The van der Waals surface area contributed by atoms with Crippen LogP contribution in [0.15, 0.2) is 0 Å². The van der Waals surface area contributed by atoms with Crippen LogP contribution in [0.5, 0.6) is 0 Å². The first-order valence-corrected chi connectivity index (χ1v) is 9.42. The van der Waals surface area contributed by atoms with Crippen molar-refractivity contribution >= 4 is 29.0 Å². The fraction of sp³-hybridized carbons (Fsp3) is 0.579. The van der Waals surface area contributed by atoms with Crippen molar-refractivity contribution in [1.29, 1.82) is 0 Å². The van der Waals surface area contributed by atoms with Gasteiger partial charge >= 0.3 is 0 Å². The highest BCUT2D eigenvalue weighted by atomic mass is 35.5. The summed E-state index contributed by atoms with van der Waals surface area (Å²) in [5.74, 6) is 0.217. The van der Waals surface area contributed by atoms with E-state index in [2.05, 4.69) is 10.2 Å². The molecule has 1 N–H and O–H groups in total. The maximum atomic E-state index is 13.3. The lowest BCUT2D eigenvalue weighted by atomic mass is 9.76. The molecule has 1 saturated heterocycles. The van der Waals surface area contributed by atoms with Gasteiger partial charge in [0, 0.05) is 37.5 Å². The number of benzene rings is 1. The number of ether oxygens (including phenoxy) is 1. The van der Waals surface area contributed by atoms with E-state index in [0.717, 1.165) is 67.9 Å². The highest BCUT2D eigenvalue weighted by Crippen LogP contribution is 2.42. The Morgan fingerprint density at radius 3 is 2.68 bits per heavy atom. The summed E-state index contributed by atoms with van der Waals surface area (Å²) >= 11 is 6.51. The lowest BCUT2D eigenvalue weighted by Gasteiger charge is -2.34. The lowest BCUT2D eigenvalue weighted by Crippen LogP contribution is -2.42. The zero-order valence-corrected chi connectivity index (χ0v) is 15.2. The molecule has 25 heavy (non-hydrogen) atoms. The number of anilines is 1. The van der Waals surface area contributed by atoms with Gasteiger partial charge in [0.1, 0.15) is 0 Å². The van der Waals surface area contributed by atoms with Gasteiger partial charge in [-0.2, -0.15) is 0 Å². The Kier molecular flexibility index (Phi) is 4.56. The van der Waals surface area contributed by atoms with Gasteiger partial charge in [-0.05, 0) is 42.9 Å². The first kappa shape index (κ1) is 17.0. The lowest BCUT2D eigenvalue weighted by molar-refractivity contribution is -0.116. The normalized spacial score (nSPS) is 23.8.